The monoisotopic (exact) mass is 381 g/mol. The van der Waals surface area contributed by atoms with Crippen molar-refractivity contribution < 1.29 is 9.53 Å². The third kappa shape index (κ3) is 3.88. The Morgan fingerprint density at radius 1 is 1.11 bits per heavy atom. The lowest BCUT2D eigenvalue weighted by atomic mass is 10.1. The van der Waals surface area contributed by atoms with Gasteiger partial charge in [-0.1, -0.05) is 30.3 Å². The fraction of sp³-hybridized carbons (Fsp3) is 0.476. The molecule has 0 bridgehead atoms. The van der Waals surface area contributed by atoms with Gasteiger partial charge >= 0.3 is 6.09 Å². The van der Waals surface area contributed by atoms with Crippen LogP contribution in [0.5, 0.6) is 0 Å². The molecule has 1 aromatic carbocycles. The minimum Gasteiger partial charge on any atom is -0.445 e. The van der Waals surface area contributed by atoms with Gasteiger partial charge in [0.25, 0.3) is 0 Å². The second kappa shape index (κ2) is 8.04. The SMILES string of the molecule is CN(C)c1nc(N2CCCC2)nc2c1CN(C(=O)OCc1ccccc1)CC2. The maximum Gasteiger partial charge on any atom is 0.410 e. The summed E-state index contributed by atoms with van der Waals surface area (Å²) >= 11 is 0. The lowest BCUT2D eigenvalue weighted by Gasteiger charge is -2.31. The zero-order valence-electron chi connectivity index (χ0n) is 16.6. The van der Waals surface area contributed by atoms with E-state index in [-0.39, 0.29) is 12.7 Å². The van der Waals surface area contributed by atoms with E-state index in [1.807, 2.05) is 49.3 Å². The standard InChI is InChI=1S/C21H27N5O2/c1-24(2)19-17-14-26(21(27)28-15-16-8-4-3-5-9-16)13-10-18(17)22-20(23-19)25-11-6-7-12-25/h3-5,8-9H,6-7,10-15H2,1-2H3. The van der Waals surface area contributed by atoms with Gasteiger partial charge in [0.1, 0.15) is 12.4 Å². The highest BCUT2D eigenvalue weighted by molar-refractivity contribution is 5.69. The number of benzene rings is 1. The lowest BCUT2D eigenvalue weighted by molar-refractivity contribution is 0.0916. The molecular formula is C21H27N5O2. The molecule has 0 aliphatic carbocycles. The van der Waals surface area contributed by atoms with Gasteiger partial charge in [-0.2, -0.15) is 4.98 Å². The van der Waals surface area contributed by atoms with Gasteiger partial charge < -0.3 is 19.4 Å². The maximum absolute atomic E-state index is 12.6. The van der Waals surface area contributed by atoms with E-state index in [0.29, 0.717) is 13.1 Å². The van der Waals surface area contributed by atoms with Gasteiger partial charge in [-0.25, -0.2) is 9.78 Å². The smallest absolute Gasteiger partial charge is 0.410 e. The van der Waals surface area contributed by atoms with E-state index < -0.39 is 0 Å². The molecule has 2 aromatic rings. The summed E-state index contributed by atoms with van der Waals surface area (Å²) in [4.78, 5) is 28.2. The van der Waals surface area contributed by atoms with Gasteiger partial charge in [0.2, 0.25) is 5.95 Å². The topological polar surface area (TPSA) is 61.8 Å². The average Bonchev–Trinajstić information content (AvgIpc) is 3.26. The number of nitrogens with zero attached hydrogens (tertiary/aromatic N) is 5. The highest BCUT2D eigenvalue weighted by Gasteiger charge is 2.28. The normalized spacial score (nSPS) is 16.1. The first-order valence-corrected chi connectivity index (χ1v) is 9.89. The second-order valence-electron chi connectivity index (χ2n) is 7.57. The molecule has 1 amide bonds. The largest absolute Gasteiger partial charge is 0.445 e. The van der Waals surface area contributed by atoms with E-state index in [2.05, 4.69) is 4.90 Å². The molecule has 1 saturated heterocycles. The van der Waals surface area contributed by atoms with Crippen molar-refractivity contribution in [2.75, 3.05) is 43.5 Å². The summed E-state index contributed by atoms with van der Waals surface area (Å²) in [6.45, 7) is 3.42. The van der Waals surface area contributed by atoms with E-state index in [9.17, 15) is 4.79 Å². The summed E-state index contributed by atoms with van der Waals surface area (Å²) in [7, 11) is 3.98. The molecule has 0 spiro atoms. The molecular weight excluding hydrogens is 354 g/mol. The van der Waals surface area contributed by atoms with E-state index >= 15 is 0 Å². The van der Waals surface area contributed by atoms with E-state index in [1.165, 1.54) is 12.8 Å². The first-order valence-electron chi connectivity index (χ1n) is 9.89. The summed E-state index contributed by atoms with van der Waals surface area (Å²) in [5.41, 5.74) is 3.06. The molecule has 1 aromatic heterocycles. The van der Waals surface area contributed by atoms with Gasteiger partial charge in [-0.05, 0) is 18.4 Å². The van der Waals surface area contributed by atoms with Gasteiger partial charge in [0.05, 0.1) is 12.2 Å². The third-order valence-corrected chi connectivity index (χ3v) is 5.30. The Morgan fingerprint density at radius 2 is 1.86 bits per heavy atom. The van der Waals surface area contributed by atoms with Crippen LogP contribution in [0, 0.1) is 0 Å². The summed E-state index contributed by atoms with van der Waals surface area (Å²) in [6.07, 6.45) is 2.82. The third-order valence-electron chi connectivity index (χ3n) is 5.30. The van der Waals surface area contributed by atoms with Crippen molar-refractivity contribution in [3.63, 3.8) is 0 Å². The Hall–Kier alpha value is -2.83. The molecule has 2 aliphatic heterocycles. The van der Waals surface area contributed by atoms with Crippen LogP contribution in [0.3, 0.4) is 0 Å². The Kier molecular flexibility index (Phi) is 5.32. The lowest BCUT2D eigenvalue weighted by Crippen LogP contribution is -2.38. The molecule has 28 heavy (non-hydrogen) atoms. The number of aromatic nitrogens is 2. The van der Waals surface area contributed by atoms with Crippen LogP contribution in [-0.2, 0) is 24.3 Å². The Morgan fingerprint density at radius 3 is 2.57 bits per heavy atom. The van der Waals surface area contributed by atoms with Crippen LogP contribution in [0.25, 0.3) is 0 Å². The summed E-state index contributed by atoms with van der Waals surface area (Å²) in [5.74, 6) is 1.72. The predicted octanol–water partition coefficient (Wildman–Crippen LogP) is 2.84. The van der Waals surface area contributed by atoms with Crippen molar-refractivity contribution in [2.45, 2.75) is 32.4 Å². The molecule has 2 aliphatic rings. The van der Waals surface area contributed by atoms with Crippen LogP contribution >= 0.6 is 0 Å². The van der Waals surface area contributed by atoms with Gasteiger partial charge in [0, 0.05) is 45.7 Å². The van der Waals surface area contributed by atoms with Crippen molar-refractivity contribution in [3.05, 3.63) is 47.2 Å². The van der Waals surface area contributed by atoms with Crippen molar-refractivity contribution in [2.24, 2.45) is 0 Å². The predicted molar refractivity (Wildman–Crippen MR) is 109 cm³/mol. The van der Waals surface area contributed by atoms with E-state index in [0.717, 1.165) is 48.1 Å². The van der Waals surface area contributed by atoms with E-state index in [4.69, 9.17) is 14.7 Å². The highest BCUT2D eigenvalue weighted by Crippen LogP contribution is 2.29. The molecule has 3 heterocycles. The molecule has 0 atom stereocenters. The summed E-state index contributed by atoms with van der Waals surface area (Å²) in [5, 5.41) is 0. The van der Waals surface area contributed by atoms with Crippen molar-refractivity contribution >= 4 is 17.9 Å². The Bertz CT molecular complexity index is 834. The highest BCUT2D eigenvalue weighted by atomic mass is 16.6. The molecule has 0 saturated carbocycles. The fourth-order valence-corrected chi connectivity index (χ4v) is 3.78. The van der Waals surface area contributed by atoms with Crippen LogP contribution in [-0.4, -0.2) is 54.7 Å². The second-order valence-corrected chi connectivity index (χ2v) is 7.57. The molecule has 1 fully saturated rings. The number of carbonyl (C=O) groups excluding carboxylic acids is 1. The van der Waals surface area contributed by atoms with E-state index in [1.54, 1.807) is 4.90 Å². The zero-order valence-corrected chi connectivity index (χ0v) is 16.6. The Labute approximate surface area is 165 Å². The number of hydrogen-bond acceptors (Lipinski definition) is 6. The Balaban J connectivity index is 1.50. The van der Waals surface area contributed by atoms with Crippen LogP contribution in [0.4, 0.5) is 16.6 Å². The summed E-state index contributed by atoms with van der Waals surface area (Å²) in [6, 6.07) is 9.75. The minimum atomic E-state index is -0.289. The number of carbonyl (C=O) groups is 1. The van der Waals surface area contributed by atoms with Gasteiger partial charge in [-0.15, -0.1) is 0 Å². The van der Waals surface area contributed by atoms with Crippen molar-refractivity contribution in [1.29, 1.82) is 0 Å². The fourth-order valence-electron chi connectivity index (χ4n) is 3.78. The molecule has 148 valence electrons. The number of rotatable bonds is 4. The molecule has 0 radical (unpaired) electrons. The average molecular weight is 381 g/mol. The number of anilines is 2. The van der Waals surface area contributed by atoms with Gasteiger partial charge in [0.15, 0.2) is 0 Å². The zero-order chi connectivity index (χ0) is 19.5. The number of amides is 1. The number of hydrogen-bond donors (Lipinski definition) is 0. The quantitative estimate of drug-likeness (QED) is 0.812. The van der Waals surface area contributed by atoms with Crippen LogP contribution in [0.1, 0.15) is 29.7 Å². The molecule has 0 unspecified atom stereocenters. The number of ether oxygens (including phenoxy) is 1. The minimum absolute atomic E-state index is 0.286. The first-order chi connectivity index (χ1) is 13.6. The molecule has 0 N–H and O–H groups in total. The van der Waals surface area contributed by atoms with Crippen LogP contribution in [0.2, 0.25) is 0 Å². The first kappa shape index (κ1) is 18.5. The molecule has 4 rings (SSSR count). The van der Waals surface area contributed by atoms with Crippen molar-refractivity contribution in [3.8, 4) is 0 Å². The summed E-state index contributed by atoms with van der Waals surface area (Å²) < 4.78 is 5.51. The number of fused-ring (bicyclic) bond motifs is 1. The van der Waals surface area contributed by atoms with Crippen LogP contribution < -0.4 is 9.80 Å². The van der Waals surface area contributed by atoms with Crippen LogP contribution in [0.15, 0.2) is 30.3 Å². The molecule has 7 nitrogen and oxygen atoms in total. The van der Waals surface area contributed by atoms with Crippen molar-refractivity contribution in [1.82, 2.24) is 14.9 Å². The van der Waals surface area contributed by atoms with Gasteiger partial charge in [-0.3, -0.25) is 0 Å². The maximum atomic E-state index is 12.6. The molecule has 7 heteroatoms.